The predicted molar refractivity (Wildman–Crippen MR) is 83.5 cm³/mol. The molecule has 3 aromatic rings. The summed E-state index contributed by atoms with van der Waals surface area (Å²) < 4.78 is 5.23. The minimum absolute atomic E-state index is 0.702. The summed E-state index contributed by atoms with van der Waals surface area (Å²) in [4.78, 5) is 4.51. The van der Waals surface area contributed by atoms with Crippen molar-refractivity contribution in [2.45, 2.75) is 13.0 Å². The van der Waals surface area contributed by atoms with Gasteiger partial charge in [-0.2, -0.15) is 0 Å². The summed E-state index contributed by atoms with van der Waals surface area (Å²) in [5.74, 6) is 0.738. The first kappa shape index (κ1) is 13.6. The molecule has 1 aromatic heterocycles. The van der Waals surface area contributed by atoms with E-state index in [0.29, 0.717) is 0 Å². The van der Waals surface area contributed by atoms with Gasteiger partial charge < -0.3 is 9.84 Å². The van der Waals surface area contributed by atoms with Crippen molar-refractivity contribution in [1.29, 1.82) is 0 Å². The van der Waals surface area contributed by atoms with Crippen molar-refractivity contribution < 1.29 is 9.84 Å². The molecule has 1 N–H and O–H groups in total. The molecular formula is C18H17NO2. The molecule has 3 heteroatoms. The summed E-state index contributed by atoms with van der Waals surface area (Å²) in [6, 6.07) is 17.3. The van der Waals surface area contributed by atoms with Crippen LogP contribution in [0.2, 0.25) is 0 Å². The highest BCUT2D eigenvalue weighted by Gasteiger charge is 2.15. The van der Waals surface area contributed by atoms with Crippen LogP contribution in [-0.2, 0) is 0 Å². The largest absolute Gasteiger partial charge is 0.497 e. The maximum absolute atomic E-state index is 10.8. The second-order valence-corrected chi connectivity index (χ2v) is 5.05. The lowest BCUT2D eigenvalue weighted by atomic mass is 9.97. The van der Waals surface area contributed by atoms with E-state index in [4.69, 9.17) is 4.74 Å². The number of hydrogen-bond donors (Lipinski definition) is 1. The molecule has 3 nitrogen and oxygen atoms in total. The number of methoxy groups -OCH3 is 1. The SMILES string of the molecule is COc1cccc(C(O)c2cc(C)nc3ccccc23)c1. The Balaban J connectivity index is 2.14. The van der Waals surface area contributed by atoms with Crippen LogP contribution in [0.5, 0.6) is 5.75 Å². The summed E-state index contributed by atoms with van der Waals surface area (Å²) >= 11 is 0. The van der Waals surface area contributed by atoms with E-state index in [1.165, 1.54) is 0 Å². The second kappa shape index (κ2) is 5.54. The molecule has 1 heterocycles. The fourth-order valence-electron chi connectivity index (χ4n) is 2.56. The molecule has 106 valence electrons. The highest BCUT2D eigenvalue weighted by atomic mass is 16.5. The monoisotopic (exact) mass is 279 g/mol. The number of pyridine rings is 1. The molecule has 0 saturated heterocycles. The number of nitrogens with zero attached hydrogens (tertiary/aromatic N) is 1. The average Bonchev–Trinajstić information content (AvgIpc) is 2.53. The van der Waals surface area contributed by atoms with Gasteiger partial charge >= 0.3 is 0 Å². The third kappa shape index (κ3) is 2.60. The van der Waals surface area contributed by atoms with Crippen molar-refractivity contribution in [3.8, 4) is 5.75 Å². The number of aliphatic hydroxyl groups excluding tert-OH is 1. The molecule has 0 spiro atoms. The van der Waals surface area contributed by atoms with Gasteiger partial charge in [0.05, 0.1) is 12.6 Å². The van der Waals surface area contributed by atoms with Gasteiger partial charge in [0, 0.05) is 11.1 Å². The number of rotatable bonds is 3. The maximum atomic E-state index is 10.8. The summed E-state index contributed by atoms with van der Waals surface area (Å²) in [6.45, 7) is 1.94. The Morgan fingerprint density at radius 2 is 1.86 bits per heavy atom. The van der Waals surface area contributed by atoms with E-state index in [2.05, 4.69) is 4.98 Å². The van der Waals surface area contributed by atoms with E-state index >= 15 is 0 Å². The first-order valence-corrected chi connectivity index (χ1v) is 6.87. The van der Waals surface area contributed by atoms with Gasteiger partial charge in [-0.25, -0.2) is 0 Å². The van der Waals surface area contributed by atoms with Gasteiger partial charge in [-0.3, -0.25) is 4.98 Å². The van der Waals surface area contributed by atoms with E-state index in [1.807, 2.05) is 61.5 Å². The second-order valence-electron chi connectivity index (χ2n) is 5.05. The van der Waals surface area contributed by atoms with Crippen LogP contribution in [0, 0.1) is 6.92 Å². The molecule has 0 amide bonds. The molecule has 0 aliphatic carbocycles. The topological polar surface area (TPSA) is 42.4 Å². The number of ether oxygens (including phenoxy) is 1. The molecule has 0 radical (unpaired) electrons. The lowest BCUT2D eigenvalue weighted by Gasteiger charge is -2.15. The zero-order valence-electron chi connectivity index (χ0n) is 12.1. The van der Waals surface area contributed by atoms with Gasteiger partial charge in [0.15, 0.2) is 0 Å². The van der Waals surface area contributed by atoms with Crippen molar-refractivity contribution in [2.24, 2.45) is 0 Å². The van der Waals surface area contributed by atoms with Crippen LogP contribution in [0.4, 0.5) is 0 Å². The summed E-state index contributed by atoms with van der Waals surface area (Å²) in [7, 11) is 1.62. The first-order chi connectivity index (χ1) is 10.2. The number of para-hydroxylation sites is 1. The fourth-order valence-corrected chi connectivity index (χ4v) is 2.56. The van der Waals surface area contributed by atoms with Crippen molar-refractivity contribution in [3.63, 3.8) is 0 Å². The highest BCUT2D eigenvalue weighted by molar-refractivity contribution is 5.83. The first-order valence-electron chi connectivity index (χ1n) is 6.87. The third-order valence-corrected chi connectivity index (χ3v) is 3.58. The molecule has 1 unspecified atom stereocenters. The number of benzene rings is 2. The number of aryl methyl sites for hydroxylation is 1. The van der Waals surface area contributed by atoms with E-state index in [1.54, 1.807) is 7.11 Å². The summed E-state index contributed by atoms with van der Waals surface area (Å²) in [6.07, 6.45) is -0.702. The highest BCUT2D eigenvalue weighted by Crippen LogP contribution is 2.30. The molecule has 0 bridgehead atoms. The van der Waals surface area contributed by atoms with Gasteiger partial charge in [0.25, 0.3) is 0 Å². The fraction of sp³-hybridized carbons (Fsp3) is 0.167. The Hall–Kier alpha value is -2.39. The van der Waals surface area contributed by atoms with E-state index in [0.717, 1.165) is 33.5 Å². The van der Waals surface area contributed by atoms with Crippen LogP contribution in [0.25, 0.3) is 10.9 Å². The van der Waals surface area contributed by atoms with Crippen LogP contribution in [-0.4, -0.2) is 17.2 Å². The lowest BCUT2D eigenvalue weighted by molar-refractivity contribution is 0.221. The zero-order valence-corrected chi connectivity index (χ0v) is 12.1. The predicted octanol–water partition coefficient (Wildman–Crippen LogP) is 3.63. The Kier molecular flexibility index (Phi) is 3.59. The van der Waals surface area contributed by atoms with Gasteiger partial charge in [0.1, 0.15) is 11.9 Å². The van der Waals surface area contributed by atoms with Crippen LogP contribution in [0.15, 0.2) is 54.6 Å². The van der Waals surface area contributed by atoms with E-state index in [9.17, 15) is 5.11 Å². The molecule has 21 heavy (non-hydrogen) atoms. The zero-order chi connectivity index (χ0) is 14.8. The van der Waals surface area contributed by atoms with Gasteiger partial charge in [-0.1, -0.05) is 30.3 Å². The normalized spacial score (nSPS) is 12.3. The van der Waals surface area contributed by atoms with Crippen molar-refractivity contribution in [3.05, 3.63) is 71.4 Å². The molecule has 0 aliphatic rings. The Labute approximate surface area is 123 Å². The Bertz CT molecular complexity index is 783. The molecule has 3 rings (SSSR count). The number of hydrogen-bond acceptors (Lipinski definition) is 3. The van der Waals surface area contributed by atoms with Crippen LogP contribution in [0.1, 0.15) is 22.9 Å². The summed E-state index contributed by atoms with van der Waals surface area (Å²) in [5.41, 5.74) is 3.47. The molecule has 0 fully saturated rings. The third-order valence-electron chi connectivity index (χ3n) is 3.58. The van der Waals surface area contributed by atoms with Crippen molar-refractivity contribution in [1.82, 2.24) is 4.98 Å². The molecular weight excluding hydrogens is 262 g/mol. The summed E-state index contributed by atoms with van der Waals surface area (Å²) in [5, 5.41) is 11.7. The minimum atomic E-state index is -0.702. The van der Waals surface area contributed by atoms with Crippen LogP contribution < -0.4 is 4.74 Å². The van der Waals surface area contributed by atoms with Crippen LogP contribution >= 0.6 is 0 Å². The van der Waals surface area contributed by atoms with Gasteiger partial charge in [-0.05, 0) is 42.3 Å². The minimum Gasteiger partial charge on any atom is -0.497 e. The Morgan fingerprint density at radius 3 is 2.67 bits per heavy atom. The van der Waals surface area contributed by atoms with E-state index in [-0.39, 0.29) is 0 Å². The number of fused-ring (bicyclic) bond motifs is 1. The smallest absolute Gasteiger partial charge is 0.119 e. The van der Waals surface area contributed by atoms with Gasteiger partial charge in [0.2, 0.25) is 0 Å². The molecule has 2 aromatic carbocycles. The lowest BCUT2D eigenvalue weighted by Crippen LogP contribution is -2.02. The maximum Gasteiger partial charge on any atom is 0.119 e. The van der Waals surface area contributed by atoms with Crippen molar-refractivity contribution in [2.75, 3.05) is 7.11 Å². The molecule has 0 saturated carbocycles. The molecule has 0 aliphatic heterocycles. The number of aliphatic hydroxyl groups is 1. The number of aromatic nitrogens is 1. The molecule has 1 atom stereocenters. The standard InChI is InChI=1S/C18H17NO2/c1-12-10-16(15-8-3-4-9-17(15)19-12)18(20)13-6-5-7-14(11-13)21-2/h3-11,18,20H,1-2H3. The quantitative estimate of drug-likeness (QED) is 0.796. The average molecular weight is 279 g/mol. The Morgan fingerprint density at radius 1 is 1.05 bits per heavy atom. The van der Waals surface area contributed by atoms with E-state index < -0.39 is 6.10 Å². The van der Waals surface area contributed by atoms with Crippen LogP contribution in [0.3, 0.4) is 0 Å². The van der Waals surface area contributed by atoms with Crippen molar-refractivity contribution >= 4 is 10.9 Å². The van der Waals surface area contributed by atoms with Gasteiger partial charge in [-0.15, -0.1) is 0 Å².